The van der Waals surface area contributed by atoms with Crippen molar-refractivity contribution in [2.75, 3.05) is 31.1 Å². The van der Waals surface area contributed by atoms with Gasteiger partial charge in [0.25, 0.3) is 0 Å². The second-order valence-electron chi connectivity index (χ2n) is 7.98. The van der Waals surface area contributed by atoms with Gasteiger partial charge in [-0.15, -0.1) is 0 Å². The first kappa shape index (κ1) is 19.4. The summed E-state index contributed by atoms with van der Waals surface area (Å²) in [6.07, 6.45) is 1.72. The number of imidazole rings is 1. The van der Waals surface area contributed by atoms with Gasteiger partial charge in [-0.05, 0) is 36.1 Å². The van der Waals surface area contributed by atoms with Crippen molar-refractivity contribution >= 4 is 22.9 Å². The van der Waals surface area contributed by atoms with Gasteiger partial charge in [0, 0.05) is 32.4 Å². The minimum absolute atomic E-state index is 0.485. The van der Waals surface area contributed by atoms with Crippen LogP contribution in [0.4, 0.5) is 10.6 Å². The summed E-state index contributed by atoms with van der Waals surface area (Å²) in [5, 5.41) is 9.83. The SMILES string of the molecule is CC(C)Cc1cccc2c1nc(CN1CCN(c3ccccn3)CC1)n2C(=O)O. The summed E-state index contributed by atoms with van der Waals surface area (Å²) in [4.78, 5) is 25.7. The normalized spacial score (nSPS) is 15.3. The Morgan fingerprint density at radius 1 is 1.10 bits per heavy atom. The predicted octanol–water partition coefficient (Wildman–Crippen LogP) is 3.48. The maximum Gasteiger partial charge on any atom is 0.417 e. The van der Waals surface area contributed by atoms with Gasteiger partial charge in [0.15, 0.2) is 0 Å². The molecule has 3 heterocycles. The minimum atomic E-state index is -0.976. The van der Waals surface area contributed by atoms with Crippen molar-refractivity contribution < 1.29 is 9.90 Å². The number of benzene rings is 1. The van der Waals surface area contributed by atoms with Crippen LogP contribution in [0.5, 0.6) is 0 Å². The average molecular weight is 393 g/mol. The molecule has 152 valence electrons. The summed E-state index contributed by atoms with van der Waals surface area (Å²) in [7, 11) is 0. The number of pyridine rings is 1. The Morgan fingerprint density at radius 2 is 1.90 bits per heavy atom. The number of rotatable bonds is 5. The van der Waals surface area contributed by atoms with Crippen molar-refractivity contribution in [3.05, 3.63) is 54.0 Å². The molecule has 0 aliphatic carbocycles. The summed E-state index contributed by atoms with van der Waals surface area (Å²) in [6.45, 7) is 8.27. The Kier molecular flexibility index (Phi) is 5.49. The molecule has 0 saturated carbocycles. The number of hydrogen-bond acceptors (Lipinski definition) is 5. The lowest BCUT2D eigenvalue weighted by molar-refractivity contribution is 0.193. The third-order valence-electron chi connectivity index (χ3n) is 5.37. The number of carboxylic acid groups (broad SMARTS) is 1. The number of hydrogen-bond donors (Lipinski definition) is 1. The van der Waals surface area contributed by atoms with E-state index in [1.54, 1.807) is 0 Å². The van der Waals surface area contributed by atoms with Crippen LogP contribution in [0.1, 0.15) is 25.2 Å². The van der Waals surface area contributed by atoms with Gasteiger partial charge >= 0.3 is 6.09 Å². The zero-order valence-electron chi connectivity index (χ0n) is 17.0. The lowest BCUT2D eigenvalue weighted by Crippen LogP contribution is -2.46. The summed E-state index contributed by atoms with van der Waals surface area (Å²) in [5.74, 6) is 2.07. The molecule has 7 nitrogen and oxygen atoms in total. The zero-order chi connectivity index (χ0) is 20.4. The molecule has 0 unspecified atom stereocenters. The highest BCUT2D eigenvalue weighted by Crippen LogP contribution is 2.24. The standard InChI is InChI=1S/C22H27N5O2/c1-16(2)14-17-6-5-7-18-21(17)24-20(27(18)22(28)29)15-25-10-12-26(13-11-25)19-8-3-4-9-23-19/h3-9,16H,10-15H2,1-2H3,(H,28,29). The number of piperazine rings is 1. The van der Waals surface area contributed by atoms with E-state index in [0.29, 0.717) is 23.8 Å². The number of carbonyl (C=O) groups is 1. The van der Waals surface area contributed by atoms with E-state index < -0.39 is 6.09 Å². The van der Waals surface area contributed by atoms with E-state index in [9.17, 15) is 9.90 Å². The van der Waals surface area contributed by atoms with Crippen molar-refractivity contribution in [3.63, 3.8) is 0 Å². The van der Waals surface area contributed by atoms with Crippen LogP contribution in [-0.2, 0) is 13.0 Å². The quantitative estimate of drug-likeness (QED) is 0.715. The van der Waals surface area contributed by atoms with Gasteiger partial charge in [-0.25, -0.2) is 19.3 Å². The van der Waals surface area contributed by atoms with Crippen molar-refractivity contribution in [1.82, 2.24) is 19.4 Å². The molecule has 0 radical (unpaired) electrons. The summed E-state index contributed by atoms with van der Waals surface area (Å²) in [6, 6.07) is 11.8. The van der Waals surface area contributed by atoms with Gasteiger partial charge in [-0.2, -0.15) is 0 Å². The highest BCUT2D eigenvalue weighted by molar-refractivity contribution is 5.88. The van der Waals surface area contributed by atoms with Gasteiger partial charge in [-0.3, -0.25) is 4.90 Å². The number of fused-ring (bicyclic) bond motifs is 1. The third kappa shape index (κ3) is 4.10. The Balaban J connectivity index is 1.55. The lowest BCUT2D eigenvalue weighted by atomic mass is 10.0. The molecule has 1 aromatic carbocycles. The molecule has 0 spiro atoms. The number of nitrogens with zero attached hydrogens (tertiary/aromatic N) is 5. The van der Waals surface area contributed by atoms with Crippen LogP contribution in [0.2, 0.25) is 0 Å². The molecule has 0 atom stereocenters. The lowest BCUT2D eigenvalue weighted by Gasteiger charge is -2.35. The topological polar surface area (TPSA) is 74.5 Å². The zero-order valence-corrected chi connectivity index (χ0v) is 17.0. The summed E-state index contributed by atoms with van der Waals surface area (Å²) >= 11 is 0. The molecule has 1 saturated heterocycles. The first-order valence-corrected chi connectivity index (χ1v) is 10.1. The second kappa shape index (κ2) is 8.21. The molecule has 1 fully saturated rings. The molecule has 0 bridgehead atoms. The van der Waals surface area contributed by atoms with Crippen LogP contribution in [0.3, 0.4) is 0 Å². The highest BCUT2D eigenvalue weighted by atomic mass is 16.4. The monoisotopic (exact) mass is 393 g/mol. The van der Waals surface area contributed by atoms with Crippen LogP contribution >= 0.6 is 0 Å². The Morgan fingerprint density at radius 3 is 2.55 bits per heavy atom. The fourth-order valence-electron chi connectivity index (χ4n) is 4.01. The Bertz CT molecular complexity index is 991. The Hall–Kier alpha value is -2.93. The van der Waals surface area contributed by atoms with E-state index in [4.69, 9.17) is 4.98 Å². The molecule has 2 aromatic heterocycles. The third-order valence-corrected chi connectivity index (χ3v) is 5.37. The van der Waals surface area contributed by atoms with E-state index in [-0.39, 0.29) is 0 Å². The van der Waals surface area contributed by atoms with Gasteiger partial charge in [0.05, 0.1) is 17.6 Å². The van der Waals surface area contributed by atoms with E-state index in [2.05, 4.69) is 34.7 Å². The first-order chi connectivity index (χ1) is 14.0. The first-order valence-electron chi connectivity index (χ1n) is 10.1. The Labute approximate surface area is 170 Å². The van der Waals surface area contributed by atoms with Crippen molar-refractivity contribution in [1.29, 1.82) is 0 Å². The molecule has 3 aromatic rings. The van der Waals surface area contributed by atoms with Crippen LogP contribution in [-0.4, -0.2) is 56.8 Å². The minimum Gasteiger partial charge on any atom is -0.464 e. The van der Waals surface area contributed by atoms with Crippen LogP contribution < -0.4 is 4.90 Å². The molecule has 7 heteroatoms. The molecule has 29 heavy (non-hydrogen) atoms. The average Bonchev–Trinajstić information content (AvgIpc) is 3.08. The van der Waals surface area contributed by atoms with Gasteiger partial charge in [-0.1, -0.05) is 32.0 Å². The van der Waals surface area contributed by atoms with E-state index in [1.807, 2.05) is 36.5 Å². The smallest absolute Gasteiger partial charge is 0.417 e. The van der Waals surface area contributed by atoms with Crippen LogP contribution in [0, 0.1) is 5.92 Å². The van der Waals surface area contributed by atoms with E-state index >= 15 is 0 Å². The number of para-hydroxylation sites is 1. The fraction of sp³-hybridized carbons (Fsp3) is 0.409. The number of aromatic nitrogens is 3. The molecular weight excluding hydrogens is 366 g/mol. The maximum absolute atomic E-state index is 12.0. The fourth-order valence-corrected chi connectivity index (χ4v) is 4.01. The maximum atomic E-state index is 12.0. The summed E-state index contributed by atoms with van der Waals surface area (Å²) in [5.41, 5.74) is 2.60. The van der Waals surface area contributed by atoms with Gasteiger partial charge < -0.3 is 10.0 Å². The molecule has 1 N–H and O–H groups in total. The molecule has 4 rings (SSSR count). The van der Waals surface area contributed by atoms with Crippen molar-refractivity contribution in [3.8, 4) is 0 Å². The molecule has 0 amide bonds. The largest absolute Gasteiger partial charge is 0.464 e. The van der Waals surface area contributed by atoms with Crippen molar-refractivity contribution in [2.24, 2.45) is 5.92 Å². The van der Waals surface area contributed by atoms with Crippen molar-refractivity contribution in [2.45, 2.75) is 26.8 Å². The summed E-state index contributed by atoms with van der Waals surface area (Å²) < 4.78 is 1.35. The number of anilines is 1. The van der Waals surface area contributed by atoms with Crippen LogP contribution in [0.25, 0.3) is 11.0 Å². The van der Waals surface area contributed by atoms with Crippen LogP contribution in [0.15, 0.2) is 42.6 Å². The molecule has 1 aliphatic rings. The molecule has 1 aliphatic heterocycles. The predicted molar refractivity (Wildman–Crippen MR) is 113 cm³/mol. The second-order valence-corrected chi connectivity index (χ2v) is 7.98. The van der Waals surface area contributed by atoms with Gasteiger partial charge in [0.1, 0.15) is 11.6 Å². The highest BCUT2D eigenvalue weighted by Gasteiger charge is 2.23. The van der Waals surface area contributed by atoms with E-state index in [0.717, 1.165) is 49.5 Å². The van der Waals surface area contributed by atoms with E-state index in [1.165, 1.54) is 4.57 Å². The molecular formula is C22H27N5O2. The van der Waals surface area contributed by atoms with Gasteiger partial charge in [0.2, 0.25) is 0 Å².